The number of aromatic nitrogens is 3. The molecule has 3 atom stereocenters. The number of pyridine rings is 1. The Balaban J connectivity index is 0.662. The second-order valence-corrected chi connectivity index (χ2v) is 21.3. The smallest absolute Gasteiger partial charge is 0.319 e. The summed E-state index contributed by atoms with van der Waals surface area (Å²) in [4.78, 5) is 62.4. The molecule has 15 nitrogen and oxygen atoms in total. The lowest BCUT2D eigenvalue weighted by molar-refractivity contribution is -0.136. The highest BCUT2D eigenvalue weighted by Gasteiger charge is 2.46. The van der Waals surface area contributed by atoms with E-state index in [1.165, 1.54) is 29.2 Å². The molecule has 2 bridgehead atoms. The van der Waals surface area contributed by atoms with E-state index in [1.807, 2.05) is 6.92 Å². The van der Waals surface area contributed by atoms with Crippen molar-refractivity contribution < 1.29 is 37.4 Å². The summed E-state index contributed by atoms with van der Waals surface area (Å²) in [6, 6.07) is 7.15. The molecular formula is C54H57F3N10O5. The van der Waals surface area contributed by atoms with Gasteiger partial charge in [0.2, 0.25) is 11.8 Å². The zero-order chi connectivity index (χ0) is 49.6. The Morgan fingerprint density at radius 1 is 0.917 bits per heavy atom. The summed E-state index contributed by atoms with van der Waals surface area (Å²) in [5.74, 6) is 0.319. The molecule has 6 fully saturated rings. The number of terminal acetylenes is 1. The van der Waals surface area contributed by atoms with Crippen molar-refractivity contribution in [3.63, 3.8) is 0 Å². The zero-order valence-corrected chi connectivity index (χ0v) is 40.3. The molecule has 3 unspecified atom stereocenters. The van der Waals surface area contributed by atoms with Crippen LogP contribution in [0.5, 0.6) is 11.8 Å². The molecule has 3 aromatic carbocycles. The molecule has 9 heterocycles. The third kappa shape index (κ3) is 8.23. The third-order valence-electron chi connectivity index (χ3n) is 16.7. The van der Waals surface area contributed by atoms with Crippen LogP contribution in [0.4, 0.5) is 24.7 Å². The first-order valence-electron chi connectivity index (χ1n) is 25.4. The molecule has 7 aliphatic heterocycles. The standard InChI is InChI=1S/C54H57F3N10O5/c1-3-36-40(55)7-4-32-21-35(68)22-37(45(32)36)48-47(57)49-38(23-58-48)50(66-25-33-5-6-34(26-66)59-33)62-53(61-49)72-19-18-63-16-12-54(13-17-63)28-64(29-54)24-31-10-14-65(15-11-31)42-20-30(2)44-39(46(42)56)27-67(52(44)71)41-8-9-43(69)60-51(41)70/h1,4,7,20-23,31,33-34,41,59,68H,5-6,8-19,24-29H2,2H3,(H,60,69,70). The number of hydrogen-bond donors (Lipinski definition) is 3. The van der Waals surface area contributed by atoms with Gasteiger partial charge >= 0.3 is 6.01 Å². The predicted octanol–water partition coefficient (Wildman–Crippen LogP) is 5.65. The Hall–Kier alpha value is -6.55. The van der Waals surface area contributed by atoms with Gasteiger partial charge in [-0.1, -0.05) is 12.0 Å². The maximum Gasteiger partial charge on any atom is 0.319 e. The topological polar surface area (TPSA) is 160 Å². The molecular weight excluding hydrogens is 926 g/mol. The van der Waals surface area contributed by atoms with Gasteiger partial charge in [-0.25, -0.2) is 13.2 Å². The molecule has 0 saturated carbocycles. The van der Waals surface area contributed by atoms with E-state index in [1.54, 1.807) is 12.3 Å². The number of piperidine rings is 3. The molecule has 3 N–H and O–H groups in total. The number of nitrogens with one attached hydrogen (secondary N) is 2. The van der Waals surface area contributed by atoms with Gasteiger partial charge < -0.3 is 34.8 Å². The van der Waals surface area contributed by atoms with Crippen LogP contribution >= 0.6 is 0 Å². The SMILES string of the molecule is C#Cc1c(F)ccc2cc(O)cc(-c3ncc4c(N5CC6CCC(C5)N6)nc(OCCN5CCC6(CC5)CN(CC5CCN(c7cc(C)c8c(c7F)CN(C7CCC(=O)NC7=O)C8=O)CC5)C6)nc4c3F)c12. The summed E-state index contributed by atoms with van der Waals surface area (Å²) in [5, 5.41) is 17.8. The number of phenols is 1. The van der Waals surface area contributed by atoms with Crippen molar-refractivity contribution in [3.8, 4) is 35.4 Å². The number of amides is 3. The van der Waals surface area contributed by atoms with Gasteiger partial charge in [-0.2, -0.15) is 9.97 Å². The molecule has 7 aliphatic rings. The van der Waals surface area contributed by atoms with E-state index in [2.05, 4.69) is 46.1 Å². The maximum atomic E-state index is 17.0. The summed E-state index contributed by atoms with van der Waals surface area (Å²) in [6.45, 7) is 10.7. The van der Waals surface area contributed by atoms with Gasteiger partial charge in [-0.05, 0) is 112 Å². The Morgan fingerprint density at radius 2 is 1.68 bits per heavy atom. The van der Waals surface area contributed by atoms with E-state index >= 15 is 13.2 Å². The van der Waals surface area contributed by atoms with Gasteiger partial charge in [0.25, 0.3) is 5.91 Å². The molecule has 18 heteroatoms. The summed E-state index contributed by atoms with van der Waals surface area (Å²) < 4.78 is 54.5. The number of phenolic OH excluding ortho intramolecular Hbond substituents is 1. The van der Waals surface area contributed by atoms with E-state index < -0.39 is 29.4 Å². The number of aryl methyl sites for hydroxylation is 1. The van der Waals surface area contributed by atoms with Gasteiger partial charge in [0.15, 0.2) is 11.6 Å². The monoisotopic (exact) mass is 982 g/mol. The van der Waals surface area contributed by atoms with Crippen LogP contribution in [0, 0.1) is 48.1 Å². The van der Waals surface area contributed by atoms with E-state index in [4.69, 9.17) is 16.1 Å². The van der Waals surface area contributed by atoms with Crippen LogP contribution in [0.1, 0.15) is 78.4 Å². The molecule has 0 radical (unpaired) electrons. The van der Waals surface area contributed by atoms with Gasteiger partial charge in [-0.15, -0.1) is 6.42 Å². The average Bonchev–Trinajstić information content (AvgIpc) is 3.89. The van der Waals surface area contributed by atoms with E-state index in [0.29, 0.717) is 71.1 Å². The number of benzene rings is 3. The first kappa shape index (κ1) is 46.5. The fourth-order valence-corrected chi connectivity index (χ4v) is 13.0. The normalized spacial score (nSPS) is 23.5. The lowest BCUT2D eigenvalue weighted by atomic mass is 9.71. The first-order valence-corrected chi connectivity index (χ1v) is 25.4. The van der Waals surface area contributed by atoms with Crippen molar-refractivity contribution in [3.05, 3.63) is 76.2 Å². The number of ether oxygens (including phenoxy) is 1. The highest BCUT2D eigenvalue weighted by Crippen LogP contribution is 2.43. The Morgan fingerprint density at radius 3 is 2.42 bits per heavy atom. The van der Waals surface area contributed by atoms with Crippen molar-refractivity contribution in [2.24, 2.45) is 11.3 Å². The van der Waals surface area contributed by atoms with Gasteiger partial charge in [-0.3, -0.25) is 29.6 Å². The van der Waals surface area contributed by atoms with Gasteiger partial charge in [0.1, 0.15) is 41.2 Å². The summed E-state index contributed by atoms with van der Waals surface area (Å²) >= 11 is 0. The summed E-state index contributed by atoms with van der Waals surface area (Å²) in [5.41, 5.74) is 2.18. The molecule has 2 aromatic heterocycles. The number of fused-ring (bicyclic) bond motifs is 5. The number of carbonyl (C=O) groups is 3. The maximum absolute atomic E-state index is 17.0. The highest BCUT2D eigenvalue weighted by atomic mass is 19.1. The van der Waals surface area contributed by atoms with Crippen molar-refractivity contribution in [1.82, 2.24) is 40.3 Å². The lowest BCUT2D eigenvalue weighted by Gasteiger charge is -2.55. The number of rotatable bonds is 10. The van der Waals surface area contributed by atoms with Crippen molar-refractivity contribution in [2.75, 3.05) is 81.9 Å². The molecule has 72 heavy (non-hydrogen) atoms. The van der Waals surface area contributed by atoms with Crippen LogP contribution in [-0.4, -0.2) is 143 Å². The average molecular weight is 983 g/mol. The fraction of sp³-hybridized carbons (Fsp3) is 0.481. The van der Waals surface area contributed by atoms with Gasteiger partial charge in [0.05, 0.1) is 28.7 Å². The summed E-state index contributed by atoms with van der Waals surface area (Å²) in [6.07, 6.45) is 13.8. The molecule has 3 amide bonds. The number of hydrogen-bond acceptors (Lipinski definition) is 13. The van der Waals surface area contributed by atoms with Gasteiger partial charge in [0, 0.05) is 93.6 Å². The molecule has 12 rings (SSSR count). The van der Waals surface area contributed by atoms with Crippen LogP contribution in [0.2, 0.25) is 0 Å². The minimum atomic E-state index is -0.787. The van der Waals surface area contributed by atoms with Crippen LogP contribution < -0.4 is 25.2 Å². The first-order chi connectivity index (χ1) is 34.8. The quantitative estimate of drug-likeness (QED) is 0.117. The number of halogens is 3. The van der Waals surface area contributed by atoms with Crippen molar-refractivity contribution in [2.45, 2.75) is 83.0 Å². The third-order valence-corrected chi connectivity index (χ3v) is 16.7. The number of nitrogens with zero attached hydrogens (tertiary/aromatic N) is 8. The van der Waals surface area contributed by atoms with E-state index in [9.17, 15) is 19.5 Å². The predicted molar refractivity (Wildman–Crippen MR) is 264 cm³/mol. The van der Waals surface area contributed by atoms with E-state index in [0.717, 1.165) is 84.3 Å². The number of anilines is 2. The number of imide groups is 1. The number of aromatic hydroxyl groups is 1. The number of piperazine rings is 1. The minimum absolute atomic E-state index is 0.0180. The largest absolute Gasteiger partial charge is 0.508 e. The minimum Gasteiger partial charge on any atom is -0.508 e. The Bertz CT molecular complexity index is 3090. The van der Waals surface area contributed by atoms with Crippen LogP contribution in [0.25, 0.3) is 32.9 Å². The molecule has 5 aromatic rings. The second kappa shape index (κ2) is 18.2. The zero-order valence-electron chi connectivity index (χ0n) is 40.3. The summed E-state index contributed by atoms with van der Waals surface area (Å²) in [7, 11) is 0. The number of carbonyl (C=O) groups excluding carboxylic acids is 3. The lowest BCUT2D eigenvalue weighted by Crippen LogP contribution is -2.61. The van der Waals surface area contributed by atoms with Crippen LogP contribution in [0.3, 0.4) is 0 Å². The molecule has 6 saturated heterocycles. The molecule has 1 spiro atoms. The highest BCUT2D eigenvalue weighted by molar-refractivity contribution is 6.06. The molecule has 0 aliphatic carbocycles. The van der Waals surface area contributed by atoms with Crippen LogP contribution in [-0.2, 0) is 16.1 Å². The molecule has 374 valence electrons. The Labute approximate surface area is 415 Å². The van der Waals surface area contributed by atoms with Crippen molar-refractivity contribution in [1.29, 1.82) is 0 Å². The fourth-order valence-electron chi connectivity index (χ4n) is 13.0. The number of likely N-dealkylation sites (tertiary alicyclic amines) is 2. The second-order valence-electron chi connectivity index (χ2n) is 21.3. The Kier molecular flexibility index (Phi) is 11.7. The van der Waals surface area contributed by atoms with Crippen molar-refractivity contribution >= 4 is 50.9 Å². The van der Waals surface area contributed by atoms with Crippen LogP contribution in [0.15, 0.2) is 36.5 Å². The van der Waals surface area contributed by atoms with E-state index in [-0.39, 0.29) is 88.2 Å².